The molecule has 0 aliphatic carbocycles. The van der Waals surface area contributed by atoms with Gasteiger partial charge in [0.1, 0.15) is 5.82 Å². The maximum absolute atomic E-state index is 11.5. The van der Waals surface area contributed by atoms with E-state index in [4.69, 9.17) is 5.14 Å². The monoisotopic (exact) mass is 257 g/mol. The molecule has 1 fully saturated rings. The van der Waals surface area contributed by atoms with Crippen molar-refractivity contribution < 1.29 is 8.42 Å². The Morgan fingerprint density at radius 1 is 1.41 bits per heavy atom. The van der Waals surface area contributed by atoms with Crippen molar-refractivity contribution in [3.05, 3.63) is 12.0 Å². The smallest absolute Gasteiger partial charge is 0.257 e. The number of piperazine rings is 1. The number of nitrogens with two attached hydrogens (primary N) is 1. The molecular weight excluding hydrogens is 242 g/mol. The molecule has 0 bridgehead atoms. The van der Waals surface area contributed by atoms with Crippen LogP contribution in [0.25, 0.3) is 0 Å². The minimum absolute atomic E-state index is 0.0908. The second-order valence-corrected chi connectivity index (χ2v) is 5.37. The topological polar surface area (TPSA) is 101 Å². The summed E-state index contributed by atoms with van der Waals surface area (Å²) in [5.41, 5.74) is 0.486. The lowest BCUT2D eigenvalue weighted by Crippen LogP contribution is -2.44. The van der Waals surface area contributed by atoms with Crippen molar-refractivity contribution in [3.8, 4) is 0 Å². The molecule has 1 saturated heterocycles. The summed E-state index contributed by atoms with van der Waals surface area (Å²) in [6.07, 6.45) is 1.52. The van der Waals surface area contributed by atoms with E-state index in [1.807, 2.05) is 4.90 Å². The van der Waals surface area contributed by atoms with Crippen LogP contribution < -0.4 is 15.4 Å². The first-order valence-corrected chi connectivity index (χ1v) is 6.85. The zero-order chi connectivity index (χ0) is 12.5. The first-order valence-electron chi connectivity index (χ1n) is 5.30. The van der Waals surface area contributed by atoms with E-state index in [9.17, 15) is 8.42 Å². The predicted octanol–water partition coefficient (Wildman–Crippen LogP) is -1.16. The third-order valence-electron chi connectivity index (χ3n) is 2.58. The Morgan fingerprint density at radius 2 is 2.06 bits per heavy atom. The first kappa shape index (κ1) is 12.2. The average molecular weight is 257 g/mol. The highest BCUT2D eigenvalue weighted by molar-refractivity contribution is 7.89. The van der Waals surface area contributed by atoms with Crippen LogP contribution in [0.4, 0.5) is 5.69 Å². The number of primary sulfonamides is 1. The van der Waals surface area contributed by atoms with Crippen LogP contribution >= 0.6 is 0 Å². The van der Waals surface area contributed by atoms with Gasteiger partial charge in [0.05, 0.1) is 11.9 Å². The van der Waals surface area contributed by atoms with Crippen LogP contribution in [0.5, 0.6) is 0 Å². The molecule has 0 spiro atoms. The Balaban J connectivity index is 2.45. The van der Waals surface area contributed by atoms with E-state index in [0.717, 1.165) is 26.2 Å². The highest BCUT2D eigenvalue weighted by Gasteiger charge is 2.22. The number of aryl methyl sites for hydroxylation is 1. The van der Waals surface area contributed by atoms with Crippen LogP contribution in [0, 0.1) is 6.92 Å². The van der Waals surface area contributed by atoms with Crippen molar-refractivity contribution in [2.45, 2.75) is 11.9 Å². The molecule has 94 valence electrons. The third-order valence-corrected chi connectivity index (χ3v) is 3.42. The van der Waals surface area contributed by atoms with Crippen molar-refractivity contribution in [3.63, 3.8) is 0 Å². The van der Waals surface area contributed by atoms with Gasteiger partial charge in [0.2, 0.25) is 0 Å². The number of sulfonamides is 1. The predicted molar refractivity (Wildman–Crippen MR) is 63.2 cm³/mol. The van der Waals surface area contributed by atoms with Crippen molar-refractivity contribution in [1.29, 1.82) is 0 Å². The molecule has 0 unspecified atom stereocenters. The number of hydrogen-bond acceptors (Lipinski definition) is 6. The maximum Gasteiger partial charge on any atom is 0.257 e. The Morgan fingerprint density at radius 3 is 2.65 bits per heavy atom. The summed E-state index contributed by atoms with van der Waals surface area (Å²) in [6.45, 7) is 4.68. The summed E-state index contributed by atoms with van der Waals surface area (Å²) in [7, 11) is -3.82. The summed E-state index contributed by atoms with van der Waals surface area (Å²) in [5, 5.41) is 8.27. The van der Waals surface area contributed by atoms with E-state index < -0.39 is 10.0 Å². The van der Waals surface area contributed by atoms with Crippen LogP contribution in [0.1, 0.15) is 5.82 Å². The summed E-state index contributed by atoms with van der Waals surface area (Å²) in [6, 6.07) is 0. The molecule has 2 rings (SSSR count). The number of rotatable bonds is 2. The van der Waals surface area contributed by atoms with Gasteiger partial charge in [-0.05, 0) is 6.92 Å². The normalized spacial score (nSPS) is 17.2. The van der Waals surface area contributed by atoms with Crippen LogP contribution in [0.3, 0.4) is 0 Å². The average Bonchev–Trinajstić information content (AvgIpc) is 2.29. The van der Waals surface area contributed by atoms with Gasteiger partial charge in [0.15, 0.2) is 5.03 Å². The zero-order valence-electron chi connectivity index (χ0n) is 9.55. The SMILES string of the molecule is Cc1ncc(N2CCNCC2)c(S(N)(=O)=O)n1. The van der Waals surface area contributed by atoms with E-state index in [1.165, 1.54) is 6.20 Å². The van der Waals surface area contributed by atoms with Crippen molar-refractivity contribution in [2.75, 3.05) is 31.1 Å². The quantitative estimate of drug-likeness (QED) is 0.648. The Labute approximate surface area is 100 Å². The minimum atomic E-state index is -3.82. The van der Waals surface area contributed by atoms with Gasteiger partial charge in [0, 0.05) is 26.2 Å². The highest BCUT2D eigenvalue weighted by Crippen LogP contribution is 2.21. The van der Waals surface area contributed by atoms with Gasteiger partial charge < -0.3 is 10.2 Å². The van der Waals surface area contributed by atoms with E-state index in [-0.39, 0.29) is 5.03 Å². The van der Waals surface area contributed by atoms with Gasteiger partial charge in [-0.15, -0.1) is 0 Å². The van der Waals surface area contributed by atoms with E-state index in [2.05, 4.69) is 15.3 Å². The molecule has 0 atom stereocenters. The molecule has 1 aliphatic heterocycles. The van der Waals surface area contributed by atoms with E-state index in [0.29, 0.717) is 11.5 Å². The van der Waals surface area contributed by atoms with Gasteiger partial charge in [-0.25, -0.2) is 23.5 Å². The number of aromatic nitrogens is 2. The van der Waals surface area contributed by atoms with Gasteiger partial charge in [-0.3, -0.25) is 0 Å². The molecule has 0 saturated carbocycles. The van der Waals surface area contributed by atoms with Crippen LogP contribution in [-0.4, -0.2) is 44.6 Å². The lowest BCUT2D eigenvalue weighted by molar-refractivity contribution is 0.574. The number of hydrogen-bond donors (Lipinski definition) is 2. The fourth-order valence-corrected chi connectivity index (χ4v) is 2.51. The van der Waals surface area contributed by atoms with Crippen LogP contribution in [-0.2, 0) is 10.0 Å². The summed E-state index contributed by atoms with van der Waals surface area (Å²) < 4.78 is 23.0. The molecule has 1 aromatic heterocycles. The van der Waals surface area contributed by atoms with Crippen LogP contribution in [0.2, 0.25) is 0 Å². The summed E-state index contributed by atoms with van der Waals surface area (Å²) >= 11 is 0. The van der Waals surface area contributed by atoms with Gasteiger partial charge in [-0.1, -0.05) is 0 Å². The molecule has 1 aliphatic rings. The summed E-state index contributed by atoms with van der Waals surface area (Å²) in [5.74, 6) is 0.396. The molecule has 0 amide bonds. The number of nitrogens with one attached hydrogen (secondary N) is 1. The van der Waals surface area contributed by atoms with Gasteiger partial charge in [0.25, 0.3) is 10.0 Å². The molecule has 0 aromatic carbocycles. The zero-order valence-corrected chi connectivity index (χ0v) is 10.4. The second-order valence-electron chi connectivity index (χ2n) is 3.89. The lowest BCUT2D eigenvalue weighted by atomic mass is 10.3. The molecule has 17 heavy (non-hydrogen) atoms. The molecule has 0 radical (unpaired) electrons. The fraction of sp³-hybridized carbons (Fsp3) is 0.556. The maximum atomic E-state index is 11.5. The fourth-order valence-electron chi connectivity index (χ4n) is 1.77. The molecule has 8 heteroatoms. The van der Waals surface area contributed by atoms with Gasteiger partial charge in [-0.2, -0.15) is 0 Å². The van der Waals surface area contributed by atoms with Crippen molar-refractivity contribution in [1.82, 2.24) is 15.3 Å². The molecule has 7 nitrogen and oxygen atoms in total. The number of nitrogens with zero attached hydrogens (tertiary/aromatic N) is 3. The van der Waals surface area contributed by atoms with Crippen LogP contribution in [0.15, 0.2) is 11.2 Å². The molecule has 3 N–H and O–H groups in total. The Kier molecular flexibility index (Phi) is 3.27. The Bertz CT molecular complexity index is 510. The van der Waals surface area contributed by atoms with Crippen molar-refractivity contribution in [2.24, 2.45) is 5.14 Å². The standard InChI is InChI=1S/C9H15N5O2S/c1-7-12-6-8(9(13-7)17(10,15)16)14-4-2-11-3-5-14/h6,11H,2-5H2,1H3,(H2,10,15,16). The third kappa shape index (κ3) is 2.71. The van der Waals surface area contributed by atoms with E-state index in [1.54, 1.807) is 6.92 Å². The first-order chi connectivity index (χ1) is 7.98. The molecule has 1 aromatic rings. The Hall–Kier alpha value is -1.25. The summed E-state index contributed by atoms with van der Waals surface area (Å²) in [4.78, 5) is 9.90. The largest absolute Gasteiger partial charge is 0.365 e. The van der Waals surface area contributed by atoms with Gasteiger partial charge >= 0.3 is 0 Å². The minimum Gasteiger partial charge on any atom is -0.365 e. The van der Waals surface area contributed by atoms with Crippen molar-refractivity contribution >= 4 is 15.7 Å². The van der Waals surface area contributed by atoms with E-state index >= 15 is 0 Å². The second kappa shape index (κ2) is 4.55. The lowest BCUT2D eigenvalue weighted by Gasteiger charge is -2.29. The highest BCUT2D eigenvalue weighted by atomic mass is 32.2. The number of anilines is 1. The molecular formula is C9H15N5O2S. The molecule has 2 heterocycles.